The maximum atomic E-state index is 13.3. The fraction of sp³-hybridized carbons (Fsp3) is 0.292. The predicted molar refractivity (Wildman–Crippen MR) is 130 cm³/mol. The molecule has 1 aromatic heterocycles. The molecule has 2 aromatic carbocycles. The van der Waals surface area contributed by atoms with Gasteiger partial charge in [0.1, 0.15) is 0 Å². The highest BCUT2D eigenvalue weighted by molar-refractivity contribution is 7.98. The first-order valence-electron chi connectivity index (χ1n) is 10.5. The highest BCUT2D eigenvalue weighted by Gasteiger charge is 2.35. The van der Waals surface area contributed by atoms with Gasteiger partial charge in [-0.1, -0.05) is 65.3 Å². The summed E-state index contributed by atoms with van der Waals surface area (Å²) in [6.45, 7) is 7.15. The van der Waals surface area contributed by atoms with Gasteiger partial charge in [0.2, 0.25) is 0 Å². The second kappa shape index (κ2) is 10.1. The first-order chi connectivity index (χ1) is 15.5. The van der Waals surface area contributed by atoms with E-state index in [9.17, 15) is 4.79 Å². The Hall–Kier alpha value is -2.28. The fourth-order valence-corrected chi connectivity index (χ4v) is 5.49. The Morgan fingerprint density at radius 1 is 1.25 bits per heavy atom. The summed E-state index contributed by atoms with van der Waals surface area (Å²) in [6, 6.07) is 13.1. The average Bonchev–Trinajstić information content (AvgIpc) is 3.40. The van der Waals surface area contributed by atoms with Crippen molar-refractivity contribution in [1.29, 1.82) is 0 Å². The van der Waals surface area contributed by atoms with Crippen molar-refractivity contribution in [2.75, 3.05) is 6.54 Å². The Morgan fingerprint density at radius 2 is 2.06 bits per heavy atom. The molecule has 1 atom stereocenters. The lowest BCUT2D eigenvalue weighted by Crippen LogP contribution is -2.32. The molecule has 0 saturated carbocycles. The highest BCUT2D eigenvalue weighted by Crippen LogP contribution is 2.35. The fourth-order valence-electron chi connectivity index (χ4n) is 3.98. The number of carbonyl (C=O) groups is 1. The van der Waals surface area contributed by atoms with Crippen LogP contribution >= 0.6 is 35.0 Å². The second-order valence-electron chi connectivity index (χ2n) is 7.74. The van der Waals surface area contributed by atoms with Crippen LogP contribution in [0.1, 0.15) is 46.2 Å². The van der Waals surface area contributed by atoms with Crippen molar-refractivity contribution >= 4 is 40.9 Å². The molecule has 0 bridgehead atoms. The number of thioether (sulfide) groups is 1. The number of aromatic nitrogens is 3. The number of nitrogens with zero attached hydrogens (tertiary/aromatic N) is 4. The molecular weight excluding hydrogens is 463 g/mol. The number of rotatable bonds is 7. The maximum Gasteiger partial charge on any atom is 0.254 e. The van der Waals surface area contributed by atoms with E-state index in [0.717, 1.165) is 40.5 Å². The molecule has 32 heavy (non-hydrogen) atoms. The average molecular weight is 487 g/mol. The van der Waals surface area contributed by atoms with Gasteiger partial charge in [-0.3, -0.25) is 4.79 Å². The van der Waals surface area contributed by atoms with Crippen LogP contribution in [-0.2, 0) is 12.3 Å². The van der Waals surface area contributed by atoms with Gasteiger partial charge in [-0.05, 0) is 49.1 Å². The number of likely N-dealkylation sites (tertiary alicyclic amines) is 1. The molecule has 2 heterocycles. The number of benzene rings is 2. The second-order valence-corrected chi connectivity index (χ2v) is 9.52. The van der Waals surface area contributed by atoms with Crippen LogP contribution in [0.2, 0.25) is 10.0 Å². The van der Waals surface area contributed by atoms with E-state index in [1.807, 2.05) is 54.3 Å². The first-order valence-corrected chi connectivity index (χ1v) is 12.2. The molecule has 1 unspecified atom stereocenters. The van der Waals surface area contributed by atoms with E-state index in [2.05, 4.69) is 21.3 Å². The van der Waals surface area contributed by atoms with Crippen LogP contribution < -0.4 is 0 Å². The van der Waals surface area contributed by atoms with Crippen LogP contribution in [0.4, 0.5) is 0 Å². The zero-order chi connectivity index (χ0) is 22.7. The molecular formula is C24H24Cl2N4OS. The van der Waals surface area contributed by atoms with E-state index >= 15 is 0 Å². The molecule has 5 nitrogen and oxygen atoms in total. The monoisotopic (exact) mass is 486 g/mol. The number of carbonyl (C=O) groups excluding carboxylic acids is 1. The third-order valence-electron chi connectivity index (χ3n) is 5.62. The van der Waals surface area contributed by atoms with Crippen molar-refractivity contribution in [3.8, 4) is 0 Å². The standard InChI is InChI=1S/C24H24Cl2N4OS/c1-3-12-30-22(27-28-24(30)32-15-17-10-11-18(25)14-20(17)26)21-9-6-13-29(21)23(31)19-8-5-4-7-16(19)2/h3-5,7-8,10-11,14,21H,1,6,9,12-13,15H2,2H3. The van der Waals surface area contributed by atoms with E-state index in [4.69, 9.17) is 23.2 Å². The Kier molecular flexibility index (Phi) is 7.23. The van der Waals surface area contributed by atoms with Crippen LogP contribution in [-0.4, -0.2) is 32.1 Å². The van der Waals surface area contributed by atoms with Gasteiger partial charge in [-0.25, -0.2) is 0 Å². The minimum atomic E-state index is -0.108. The van der Waals surface area contributed by atoms with E-state index < -0.39 is 0 Å². The smallest absolute Gasteiger partial charge is 0.254 e. The summed E-state index contributed by atoms with van der Waals surface area (Å²) < 4.78 is 2.05. The molecule has 3 aromatic rings. The van der Waals surface area contributed by atoms with Gasteiger partial charge < -0.3 is 9.47 Å². The van der Waals surface area contributed by atoms with E-state index in [1.165, 1.54) is 0 Å². The Morgan fingerprint density at radius 3 is 2.81 bits per heavy atom. The van der Waals surface area contributed by atoms with E-state index in [0.29, 0.717) is 28.9 Å². The van der Waals surface area contributed by atoms with Gasteiger partial charge in [0.25, 0.3) is 5.91 Å². The molecule has 0 spiro atoms. The SMILES string of the molecule is C=CCn1c(SCc2ccc(Cl)cc2Cl)nnc1C1CCCN1C(=O)c1ccccc1C. The van der Waals surface area contributed by atoms with Crippen LogP contribution in [0.3, 0.4) is 0 Å². The largest absolute Gasteiger partial charge is 0.328 e. The van der Waals surface area contributed by atoms with Gasteiger partial charge in [0, 0.05) is 34.5 Å². The lowest BCUT2D eigenvalue weighted by molar-refractivity contribution is 0.0726. The van der Waals surface area contributed by atoms with E-state index in [1.54, 1.807) is 17.8 Å². The number of hydrogen-bond donors (Lipinski definition) is 0. The molecule has 0 aliphatic carbocycles. The van der Waals surface area contributed by atoms with Crippen molar-refractivity contribution in [2.45, 2.75) is 43.3 Å². The maximum absolute atomic E-state index is 13.3. The van der Waals surface area contributed by atoms with Crippen molar-refractivity contribution in [2.24, 2.45) is 0 Å². The molecule has 4 rings (SSSR count). The van der Waals surface area contributed by atoms with Gasteiger partial charge >= 0.3 is 0 Å². The van der Waals surface area contributed by atoms with Crippen LogP contribution in [0.25, 0.3) is 0 Å². The normalized spacial score (nSPS) is 15.8. The Labute approximate surface area is 202 Å². The van der Waals surface area contributed by atoms with Crippen molar-refractivity contribution in [1.82, 2.24) is 19.7 Å². The zero-order valence-electron chi connectivity index (χ0n) is 17.8. The summed E-state index contributed by atoms with van der Waals surface area (Å²) in [4.78, 5) is 15.2. The topological polar surface area (TPSA) is 51.0 Å². The minimum absolute atomic E-state index is 0.0425. The number of allylic oxidation sites excluding steroid dienone is 1. The van der Waals surface area contributed by atoms with Gasteiger partial charge in [0.15, 0.2) is 11.0 Å². The number of hydrogen-bond acceptors (Lipinski definition) is 4. The Balaban J connectivity index is 1.59. The van der Waals surface area contributed by atoms with Gasteiger partial charge in [0.05, 0.1) is 6.04 Å². The number of amides is 1. The molecule has 8 heteroatoms. The Bertz CT molecular complexity index is 1150. The van der Waals surface area contributed by atoms with E-state index in [-0.39, 0.29) is 11.9 Å². The summed E-state index contributed by atoms with van der Waals surface area (Å²) in [5.74, 6) is 1.48. The molecule has 166 valence electrons. The predicted octanol–water partition coefficient (Wildman–Crippen LogP) is 6.35. The van der Waals surface area contributed by atoms with Crippen LogP contribution in [0.5, 0.6) is 0 Å². The molecule has 1 aliphatic rings. The summed E-state index contributed by atoms with van der Waals surface area (Å²) in [6.07, 6.45) is 3.63. The summed E-state index contributed by atoms with van der Waals surface area (Å²) in [5, 5.41) is 11.0. The van der Waals surface area contributed by atoms with Gasteiger partial charge in [-0.15, -0.1) is 16.8 Å². The number of halogens is 2. The van der Waals surface area contributed by atoms with Crippen LogP contribution in [0, 0.1) is 6.92 Å². The molecule has 1 amide bonds. The molecule has 0 radical (unpaired) electrons. The summed E-state index contributed by atoms with van der Waals surface area (Å²) >= 11 is 13.9. The number of aryl methyl sites for hydroxylation is 1. The highest BCUT2D eigenvalue weighted by atomic mass is 35.5. The summed E-state index contributed by atoms with van der Waals surface area (Å²) in [7, 11) is 0. The third-order valence-corrected chi connectivity index (χ3v) is 7.22. The van der Waals surface area contributed by atoms with Crippen molar-refractivity contribution < 1.29 is 4.79 Å². The lowest BCUT2D eigenvalue weighted by atomic mass is 10.1. The van der Waals surface area contributed by atoms with Crippen molar-refractivity contribution in [3.63, 3.8) is 0 Å². The quantitative estimate of drug-likeness (QED) is 0.288. The summed E-state index contributed by atoms with van der Waals surface area (Å²) in [5.41, 5.74) is 2.70. The lowest BCUT2D eigenvalue weighted by Gasteiger charge is -2.25. The van der Waals surface area contributed by atoms with Crippen molar-refractivity contribution in [3.05, 3.63) is 87.7 Å². The molecule has 1 aliphatic heterocycles. The molecule has 0 N–H and O–H groups in total. The minimum Gasteiger partial charge on any atom is -0.328 e. The first kappa shape index (κ1) is 22.9. The van der Waals surface area contributed by atoms with Crippen LogP contribution in [0.15, 0.2) is 60.3 Å². The third kappa shape index (κ3) is 4.72. The molecule has 1 fully saturated rings. The zero-order valence-corrected chi connectivity index (χ0v) is 20.1. The molecule has 1 saturated heterocycles. The van der Waals surface area contributed by atoms with Gasteiger partial charge in [-0.2, -0.15) is 0 Å².